The highest BCUT2D eigenvalue weighted by atomic mass is 15.2. The Morgan fingerprint density at radius 1 is 0.206 bits per heavy atom. The molecule has 1 spiro atoms. The van der Waals surface area contributed by atoms with Crippen LogP contribution in [0.1, 0.15) is 47.2 Å². The maximum absolute atomic E-state index is 5.44. The van der Waals surface area contributed by atoms with Gasteiger partial charge in [0.1, 0.15) is 11.4 Å². The van der Waals surface area contributed by atoms with Gasteiger partial charge in [-0.25, -0.2) is 29.0 Å². The number of fused-ring (bicyclic) bond motifs is 19. The molecule has 22 aromatic rings. The molecule has 0 amide bonds. The van der Waals surface area contributed by atoms with Crippen LogP contribution in [0.15, 0.2) is 437 Å². The van der Waals surface area contributed by atoms with Gasteiger partial charge in [0.2, 0.25) is 0 Å². The lowest BCUT2D eigenvalue weighted by Gasteiger charge is -2.30. The number of benzene rings is 16. The van der Waals surface area contributed by atoms with Crippen LogP contribution in [0, 0.1) is 0 Å². The van der Waals surface area contributed by atoms with E-state index in [0.29, 0.717) is 11.6 Å². The van der Waals surface area contributed by atoms with E-state index >= 15 is 0 Å². The Morgan fingerprint density at radius 3 is 0.889 bits per heavy atom. The molecule has 0 saturated carbocycles. The van der Waals surface area contributed by atoms with Crippen LogP contribution in [0.4, 0.5) is 0 Å². The summed E-state index contributed by atoms with van der Waals surface area (Å²) in [5.74, 6) is 1.39. The number of pyridine rings is 2. The Bertz CT molecular complexity index is 8000. The first kappa shape index (κ1) is 73.5. The smallest absolute Gasteiger partial charge is 0.160 e. The first-order valence-corrected chi connectivity index (χ1v) is 43.1. The molecule has 0 atom stereocenters. The molecule has 8 nitrogen and oxygen atoms in total. The van der Waals surface area contributed by atoms with Crippen LogP contribution in [0.5, 0.6) is 0 Å². The second-order valence-corrected chi connectivity index (χ2v) is 33.6. The molecule has 3 aliphatic carbocycles. The summed E-state index contributed by atoms with van der Waals surface area (Å²) >= 11 is 0. The summed E-state index contributed by atoms with van der Waals surface area (Å²) in [5, 5.41) is 15.5. The molecule has 0 bridgehead atoms. The van der Waals surface area contributed by atoms with Crippen LogP contribution in [0.2, 0.25) is 0 Å². The third-order valence-electron chi connectivity index (χ3n) is 26.1. The van der Waals surface area contributed by atoms with Gasteiger partial charge in [-0.05, 0) is 125 Å². The number of aromatic nitrogens is 8. The maximum Gasteiger partial charge on any atom is 0.160 e. The zero-order valence-electron chi connectivity index (χ0n) is 69.1. The van der Waals surface area contributed by atoms with Gasteiger partial charge in [-0.1, -0.05) is 414 Å². The molecule has 25 rings (SSSR count). The van der Waals surface area contributed by atoms with Crippen molar-refractivity contribution in [3.63, 3.8) is 0 Å². The molecular weight excluding hydrogens is 1530 g/mol. The van der Waals surface area contributed by atoms with Crippen LogP contribution in [-0.2, 0) is 10.8 Å². The summed E-state index contributed by atoms with van der Waals surface area (Å²) in [5.41, 5.74) is 39.6. The first-order chi connectivity index (χ1) is 62.2. The first-order valence-electron chi connectivity index (χ1n) is 43.1. The van der Waals surface area contributed by atoms with E-state index in [1.807, 2.05) is 24.3 Å². The van der Waals surface area contributed by atoms with E-state index in [-0.39, 0.29) is 5.41 Å². The topological polar surface area (TPSA) is 86.2 Å². The van der Waals surface area contributed by atoms with Gasteiger partial charge < -0.3 is 0 Å². The predicted molar refractivity (Wildman–Crippen MR) is 516 cm³/mol. The van der Waals surface area contributed by atoms with Gasteiger partial charge in [0.15, 0.2) is 11.6 Å². The summed E-state index contributed by atoms with van der Waals surface area (Å²) in [6.45, 7) is 4.64. The number of rotatable bonds is 12. The second-order valence-electron chi connectivity index (χ2n) is 33.6. The molecule has 0 aliphatic heterocycles. The van der Waals surface area contributed by atoms with Gasteiger partial charge in [-0.3, -0.25) is 0 Å². The molecule has 6 aromatic heterocycles. The van der Waals surface area contributed by atoms with Gasteiger partial charge >= 0.3 is 0 Å². The maximum atomic E-state index is 5.44. The fourth-order valence-corrected chi connectivity index (χ4v) is 20.2. The van der Waals surface area contributed by atoms with Gasteiger partial charge in [0, 0.05) is 82.9 Å². The minimum Gasteiger partial charge on any atom is -0.231 e. The van der Waals surface area contributed by atoms with Crippen LogP contribution in [0.3, 0.4) is 0 Å². The third-order valence-corrected chi connectivity index (χ3v) is 26.1. The van der Waals surface area contributed by atoms with Gasteiger partial charge in [-0.2, -0.15) is 10.2 Å². The largest absolute Gasteiger partial charge is 0.231 e. The lowest BCUT2D eigenvalue weighted by molar-refractivity contribution is 0.660. The van der Waals surface area contributed by atoms with E-state index in [1.165, 1.54) is 77.5 Å². The van der Waals surface area contributed by atoms with E-state index in [1.54, 1.807) is 0 Å². The van der Waals surface area contributed by atoms with Crippen LogP contribution in [0.25, 0.3) is 201 Å². The van der Waals surface area contributed by atoms with Gasteiger partial charge in [-0.15, -0.1) is 0 Å². The number of hydrogen-bond acceptors (Lipinski definition) is 6. The minimum atomic E-state index is -0.451. The molecule has 0 saturated heterocycles. The Labute approximate surface area is 730 Å². The molecule has 0 fully saturated rings. The molecule has 126 heavy (non-hydrogen) atoms. The molecule has 590 valence electrons. The van der Waals surface area contributed by atoms with Crippen LogP contribution in [-0.4, -0.2) is 39.2 Å². The van der Waals surface area contributed by atoms with Crippen molar-refractivity contribution >= 4 is 32.6 Å². The number of nitrogens with zero attached hydrogens (tertiary/aromatic N) is 8. The van der Waals surface area contributed by atoms with Crippen molar-refractivity contribution in [1.29, 1.82) is 0 Å². The molecule has 16 aromatic carbocycles. The zero-order chi connectivity index (χ0) is 83.6. The summed E-state index contributed by atoms with van der Waals surface area (Å²) < 4.78 is 4.29. The Kier molecular flexibility index (Phi) is 17.3. The predicted octanol–water partition coefficient (Wildman–Crippen LogP) is 29.2. The Morgan fingerprint density at radius 2 is 0.492 bits per heavy atom. The average Bonchev–Trinajstić information content (AvgIpc) is 1.51. The summed E-state index contributed by atoms with van der Waals surface area (Å²) in [4.78, 5) is 21.1. The summed E-state index contributed by atoms with van der Waals surface area (Å²) in [6.07, 6.45) is 0. The monoisotopic (exact) mass is 1610 g/mol. The Hall–Kier alpha value is -16.4. The van der Waals surface area contributed by atoms with Crippen molar-refractivity contribution in [2.24, 2.45) is 0 Å². The highest BCUT2D eigenvalue weighted by Crippen LogP contribution is 2.63. The molecule has 0 N–H and O–H groups in total. The third kappa shape index (κ3) is 12.0. The van der Waals surface area contributed by atoms with Crippen molar-refractivity contribution in [1.82, 2.24) is 39.2 Å². The molecule has 8 heteroatoms. The lowest BCUT2D eigenvalue weighted by atomic mass is 9.70. The van der Waals surface area contributed by atoms with Gasteiger partial charge in [0.25, 0.3) is 0 Å². The van der Waals surface area contributed by atoms with Crippen molar-refractivity contribution in [3.05, 3.63) is 470 Å². The quantitative estimate of drug-likeness (QED) is 0.121. The van der Waals surface area contributed by atoms with Crippen LogP contribution >= 0.6 is 0 Å². The Balaban J connectivity index is 0.000000143. The normalized spacial score (nSPS) is 12.8. The van der Waals surface area contributed by atoms with Gasteiger partial charge in [0.05, 0.1) is 50.6 Å². The number of hydrogen-bond donors (Lipinski definition) is 0. The van der Waals surface area contributed by atoms with E-state index in [0.717, 1.165) is 145 Å². The van der Waals surface area contributed by atoms with E-state index in [2.05, 4.69) is 435 Å². The lowest BCUT2D eigenvalue weighted by Crippen LogP contribution is -2.25. The highest BCUT2D eigenvalue weighted by Gasteiger charge is 2.52. The van der Waals surface area contributed by atoms with E-state index in [4.69, 9.17) is 30.1 Å². The minimum absolute atomic E-state index is 0.111. The molecule has 0 unspecified atom stereocenters. The molecule has 3 aliphatic rings. The average molecular weight is 1610 g/mol. The standard InChI is InChI=1S/C64H40N4.C54H38N4/c1-4-18-42(19-5-1)59-39-46-24-10-11-25-48(46)62-60(61(67-68(59)62)44-20-6-2-7-21-44)43-34-32-41(33-35-43)57-40-58(66-63(65-57)45-22-8-3-9-23-45)47-36-37-52-51-28-14-17-31-55(51)64(56(52)38-47)53-29-15-12-26-49(53)50-27-13-16-30-54(50)64;1-54(2)45-25-15-14-24-43(45)44-31-30-41(32-46(44)54)48-34-47(55-53(56-48)39-20-10-5-11-21-39)35-26-28-37(29-27-35)50-51(38-18-8-4-9-19-38)57-58-49(36-16-6-3-7-17-36)33-40-22-12-13-23-42(40)52(50)58/h1-40H;3-34H,1-2H3. The van der Waals surface area contributed by atoms with Crippen molar-refractivity contribution in [2.75, 3.05) is 0 Å². The van der Waals surface area contributed by atoms with Crippen molar-refractivity contribution in [3.8, 4) is 168 Å². The zero-order valence-corrected chi connectivity index (χ0v) is 69.1. The second kappa shape index (κ2) is 29.7. The van der Waals surface area contributed by atoms with Crippen LogP contribution < -0.4 is 0 Å². The fourth-order valence-electron chi connectivity index (χ4n) is 20.2. The highest BCUT2D eigenvalue weighted by molar-refractivity contribution is 6.11. The molecular formula is C118H78N8. The molecule has 0 radical (unpaired) electrons. The van der Waals surface area contributed by atoms with Crippen molar-refractivity contribution in [2.45, 2.75) is 24.7 Å². The summed E-state index contributed by atoms with van der Waals surface area (Å²) in [7, 11) is 0. The fraction of sp³-hybridized carbons (Fsp3) is 0.0339. The molecule has 6 heterocycles. The van der Waals surface area contributed by atoms with Crippen molar-refractivity contribution < 1.29 is 0 Å². The van der Waals surface area contributed by atoms with E-state index < -0.39 is 5.41 Å². The SMILES string of the molecule is CC1(C)c2ccccc2-c2ccc(-c3cc(-c4ccc(-c5c(-c6ccccc6)nn6c(-c7ccccc7)cc7ccccc7c56)cc4)nc(-c4ccccc4)n3)cc21.c1ccc(-c2nc(-c3ccc(-c4c(-c5ccccc5)nn5c(-c6ccccc6)cc6ccccc6c45)cc3)cc(-c3ccc4c(c3)C3(c5ccccc5-c5ccccc53)c3ccccc3-4)n2)cc1. The summed E-state index contributed by atoms with van der Waals surface area (Å²) in [6, 6.07) is 156. The van der Waals surface area contributed by atoms with E-state index in [9.17, 15) is 0 Å².